The van der Waals surface area contributed by atoms with E-state index >= 15 is 0 Å². The van der Waals surface area contributed by atoms with Crippen LogP contribution in [0.4, 0.5) is 16.2 Å². The minimum Gasteiger partial charge on any atom is -0.480 e. The number of hydrogen-bond donors (Lipinski definition) is 3. The number of urea groups is 1. The summed E-state index contributed by atoms with van der Waals surface area (Å²) >= 11 is 0. The molecule has 0 fully saturated rings. The molecular formula is C11H13N3O5. The van der Waals surface area contributed by atoms with Gasteiger partial charge in [0.1, 0.15) is 6.04 Å². The SMILES string of the molecule is CCC(NC(=O)Nc1cccc([N+](=O)[O-])c1)C(=O)O. The average molecular weight is 267 g/mol. The Morgan fingerprint density at radius 1 is 1.47 bits per heavy atom. The van der Waals surface area contributed by atoms with E-state index in [1.807, 2.05) is 0 Å². The zero-order valence-electron chi connectivity index (χ0n) is 10.1. The summed E-state index contributed by atoms with van der Waals surface area (Å²) in [5, 5.41) is 23.9. The number of carbonyl (C=O) groups excluding carboxylic acids is 1. The summed E-state index contributed by atoms with van der Waals surface area (Å²) in [5.74, 6) is -1.14. The molecule has 2 amide bonds. The number of nitrogens with zero attached hydrogens (tertiary/aromatic N) is 1. The second-order valence-electron chi connectivity index (χ2n) is 3.70. The van der Waals surface area contributed by atoms with Crippen LogP contribution in [0.25, 0.3) is 0 Å². The smallest absolute Gasteiger partial charge is 0.326 e. The molecule has 0 saturated heterocycles. The average Bonchev–Trinajstić information content (AvgIpc) is 2.35. The van der Waals surface area contributed by atoms with Gasteiger partial charge in [0.25, 0.3) is 5.69 Å². The van der Waals surface area contributed by atoms with E-state index in [1.165, 1.54) is 24.3 Å². The summed E-state index contributed by atoms with van der Waals surface area (Å²) in [5.41, 5.74) is 0.0509. The van der Waals surface area contributed by atoms with Crippen molar-refractivity contribution >= 4 is 23.4 Å². The number of nitrogens with one attached hydrogen (secondary N) is 2. The fourth-order valence-electron chi connectivity index (χ4n) is 1.36. The molecule has 0 aliphatic rings. The largest absolute Gasteiger partial charge is 0.480 e. The van der Waals surface area contributed by atoms with Crippen LogP contribution in [0.5, 0.6) is 0 Å². The normalized spacial score (nSPS) is 11.4. The van der Waals surface area contributed by atoms with Crippen molar-refractivity contribution in [3.63, 3.8) is 0 Å². The van der Waals surface area contributed by atoms with Gasteiger partial charge in [0.15, 0.2) is 0 Å². The number of nitro benzene ring substituents is 1. The van der Waals surface area contributed by atoms with E-state index < -0.39 is 23.0 Å². The van der Waals surface area contributed by atoms with Crippen LogP contribution < -0.4 is 10.6 Å². The number of aliphatic carboxylic acids is 1. The molecule has 102 valence electrons. The maximum atomic E-state index is 11.5. The van der Waals surface area contributed by atoms with Gasteiger partial charge in [-0.1, -0.05) is 13.0 Å². The molecule has 0 spiro atoms. The van der Waals surface area contributed by atoms with Gasteiger partial charge in [-0.25, -0.2) is 9.59 Å². The van der Waals surface area contributed by atoms with E-state index in [0.29, 0.717) is 0 Å². The minimum atomic E-state index is -1.14. The standard InChI is InChI=1S/C11H13N3O5/c1-2-9(10(15)16)13-11(17)12-7-4-3-5-8(6-7)14(18)19/h3-6,9H,2H2,1H3,(H,15,16)(H2,12,13,17). The van der Waals surface area contributed by atoms with E-state index in [-0.39, 0.29) is 17.8 Å². The first-order valence-electron chi connectivity index (χ1n) is 5.48. The first-order valence-corrected chi connectivity index (χ1v) is 5.48. The topological polar surface area (TPSA) is 122 Å². The third-order valence-electron chi connectivity index (χ3n) is 2.33. The summed E-state index contributed by atoms with van der Waals surface area (Å²) in [6.45, 7) is 1.62. The fraction of sp³-hybridized carbons (Fsp3) is 0.273. The van der Waals surface area contributed by atoms with Gasteiger partial charge in [0, 0.05) is 17.8 Å². The van der Waals surface area contributed by atoms with Gasteiger partial charge in [0.2, 0.25) is 0 Å². The molecule has 1 atom stereocenters. The Morgan fingerprint density at radius 2 is 2.16 bits per heavy atom. The predicted molar refractivity (Wildman–Crippen MR) is 67.0 cm³/mol. The highest BCUT2D eigenvalue weighted by molar-refractivity contribution is 5.92. The summed E-state index contributed by atoms with van der Waals surface area (Å²) in [7, 11) is 0. The lowest BCUT2D eigenvalue weighted by Gasteiger charge is -2.13. The van der Waals surface area contributed by atoms with Crippen molar-refractivity contribution in [1.29, 1.82) is 0 Å². The first-order chi connectivity index (χ1) is 8.93. The molecule has 0 aliphatic carbocycles. The van der Waals surface area contributed by atoms with Gasteiger partial charge < -0.3 is 15.7 Å². The molecule has 0 heterocycles. The van der Waals surface area contributed by atoms with Crippen molar-refractivity contribution in [3.05, 3.63) is 34.4 Å². The molecular weight excluding hydrogens is 254 g/mol. The van der Waals surface area contributed by atoms with E-state index in [1.54, 1.807) is 6.92 Å². The highest BCUT2D eigenvalue weighted by Gasteiger charge is 2.17. The van der Waals surface area contributed by atoms with Crippen molar-refractivity contribution in [2.75, 3.05) is 5.32 Å². The zero-order valence-corrected chi connectivity index (χ0v) is 10.1. The second kappa shape index (κ2) is 6.34. The van der Waals surface area contributed by atoms with Gasteiger partial charge in [0.05, 0.1) is 4.92 Å². The number of nitro groups is 1. The Morgan fingerprint density at radius 3 is 2.68 bits per heavy atom. The molecule has 8 heteroatoms. The third kappa shape index (κ3) is 4.26. The van der Waals surface area contributed by atoms with Crippen molar-refractivity contribution in [3.8, 4) is 0 Å². The first kappa shape index (κ1) is 14.4. The number of benzene rings is 1. The number of rotatable bonds is 5. The van der Waals surface area contributed by atoms with Crippen LogP contribution in [0.1, 0.15) is 13.3 Å². The highest BCUT2D eigenvalue weighted by Crippen LogP contribution is 2.16. The van der Waals surface area contributed by atoms with Gasteiger partial charge in [-0.15, -0.1) is 0 Å². The van der Waals surface area contributed by atoms with E-state index in [9.17, 15) is 19.7 Å². The third-order valence-corrected chi connectivity index (χ3v) is 2.33. The Balaban J connectivity index is 2.69. The zero-order chi connectivity index (χ0) is 14.4. The van der Waals surface area contributed by atoms with Gasteiger partial charge >= 0.3 is 12.0 Å². The molecule has 3 N–H and O–H groups in total. The van der Waals surface area contributed by atoms with Crippen LogP contribution in [0.15, 0.2) is 24.3 Å². The number of hydrogen-bond acceptors (Lipinski definition) is 4. The Labute approximate surface area is 108 Å². The summed E-state index contributed by atoms with van der Waals surface area (Å²) in [6.07, 6.45) is 0.234. The van der Waals surface area contributed by atoms with Crippen LogP contribution in [-0.2, 0) is 4.79 Å². The molecule has 19 heavy (non-hydrogen) atoms. The number of anilines is 1. The van der Waals surface area contributed by atoms with Crippen molar-refractivity contribution in [2.24, 2.45) is 0 Å². The second-order valence-corrected chi connectivity index (χ2v) is 3.70. The van der Waals surface area contributed by atoms with Crippen LogP contribution in [0.2, 0.25) is 0 Å². The molecule has 0 radical (unpaired) electrons. The Kier molecular flexibility index (Phi) is 4.81. The number of amides is 2. The van der Waals surface area contributed by atoms with Crippen LogP contribution in [0.3, 0.4) is 0 Å². The number of non-ortho nitro benzene ring substituents is 1. The molecule has 8 nitrogen and oxygen atoms in total. The Hall–Kier alpha value is -2.64. The monoisotopic (exact) mass is 267 g/mol. The molecule has 1 aromatic carbocycles. The maximum Gasteiger partial charge on any atom is 0.326 e. The fourth-order valence-corrected chi connectivity index (χ4v) is 1.36. The summed E-state index contributed by atoms with van der Waals surface area (Å²) in [4.78, 5) is 32.2. The van der Waals surface area contributed by atoms with Crippen LogP contribution >= 0.6 is 0 Å². The molecule has 0 bridgehead atoms. The number of carboxylic acids is 1. The van der Waals surface area contributed by atoms with E-state index in [2.05, 4.69) is 10.6 Å². The molecule has 1 aromatic rings. The van der Waals surface area contributed by atoms with Crippen LogP contribution in [0, 0.1) is 10.1 Å². The van der Waals surface area contributed by atoms with Gasteiger partial charge in [-0.05, 0) is 12.5 Å². The molecule has 0 aromatic heterocycles. The molecule has 1 unspecified atom stereocenters. The maximum absolute atomic E-state index is 11.5. The summed E-state index contributed by atoms with van der Waals surface area (Å²) in [6, 6.07) is 3.63. The summed E-state index contributed by atoms with van der Waals surface area (Å²) < 4.78 is 0. The van der Waals surface area contributed by atoms with E-state index in [0.717, 1.165) is 0 Å². The number of carboxylic acid groups (broad SMARTS) is 1. The minimum absolute atomic E-state index is 0.164. The quantitative estimate of drug-likeness (QED) is 0.552. The van der Waals surface area contributed by atoms with Crippen molar-refractivity contribution in [1.82, 2.24) is 5.32 Å². The lowest BCUT2D eigenvalue weighted by molar-refractivity contribution is -0.384. The molecule has 0 aliphatic heterocycles. The van der Waals surface area contributed by atoms with E-state index in [4.69, 9.17) is 5.11 Å². The Bertz CT molecular complexity index is 503. The van der Waals surface area contributed by atoms with Crippen molar-refractivity contribution in [2.45, 2.75) is 19.4 Å². The lowest BCUT2D eigenvalue weighted by atomic mass is 10.2. The van der Waals surface area contributed by atoms with Crippen molar-refractivity contribution < 1.29 is 19.6 Å². The van der Waals surface area contributed by atoms with Gasteiger partial charge in [-0.3, -0.25) is 10.1 Å². The highest BCUT2D eigenvalue weighted by atomic mass is 16.6. The molecule has 0 saturated carbocycles. The molecule has 1 rings (SSSR count). The van der Waals surface area contributed by atoms with Gasteiger partial charge in [-0.2, -0.15) is 0 Å². The lowest BCUT2D eigenvalue weighted by Crippen LogP contribution is -2.42. The predicted octanol–water partition coefficient (Wildman–Crippen LogP) is 1.58. The van der Waals surface area contributed by atoms with Crippen LogP contribution in [-0.4, -0.2) is 28.1 Å². The number of carbonyl (C=O) groups is 2.